The van der Waals surface area contributed by atoms with Gasteiger partial charge in [-0.1, -0.05) is 30.0 Å². The van der Waals surface area contributed by atoms with Gasteiger partial charge in [0.2, 0.25) is 5.91 Å². The van der Waals surface area contributed by atoms with Crippen LogP contribution >= 0.6 is 11.8 Å². The number of carbonyl (C=O) groups excluding carboxylic acids is 1. The number of para-hydroxylation sites is 1. The van der Waals surface area contributed by atoms with Gasteiger partial charge in [-0.15, -0.1) is 10.2 Å². The maximum absolute atomic E-state index is 12.7. The van der Waals surface area contributed by atoms with Gasteiger partial charge >= 0.3 is 0 Å². The Morgan fingerprint density at radius 2 is 2.08 bits per heavy atom. The van der Waals surface area contributed by atoms with E-state index >= 15 is 0 Å². The van der Waals surface area contributed by atoms with E-state index in [-0.39, 0.29) is 11.2 Å². The molecule has 4 rings (SSSR count). The van der Waals surface area contributed by atoms with Crippen LogP contribution in [0.1, 0.15) is 12.2 Å². The molecule has 2 aromatic heterocycles. The molecule has 1 aromatic carbocycles. The molecule has 122 valence electrons. The molecule has 0 spiro atoms. The lowest BCUT2D eigenvalue weighted by molar-refractivity contribution is -0.116. The molecule has 6 nitrogen and oxygen atoms in total. The first-order chi connectivity index (χ1) is 11.8. The molecule has 0 aliphatic carbocycles. The molecule has 1 saturated heterocycles. The molecule has 1 atom stereocenters. The van der Waals surface area contributed by atoms with Crippen molar-refractivity contribution in [3.8, 4) is 0 Å². The molecule has 1 amide bonds. The van der Waals surface area contributed by atoms with Crippen molar-refractivity contribution in [1.82, 2.24) is 14.8 Å². The van der Waals surface area contributed by atoms with E-state index in [2.05, 4.69) is 10.2 Å². The van der Waals surface area contributed by atoms with Crippen molar-refractivity contribution in [2.75, 3.05) is 11.4 Å². The summed E-state index contributed by atoms with van der Waals surface area (Å²) in [7, 11) is 0. The van der Waals surface area contributed by atoms with Crippen LogP contribution in [0.3, 0.4) is 0 Å². The first-order valence-electron chi connectivity index (χ1n) is 7.74. The minimum Gasteiger partial charge on any atom is -0.467 e. The van der Waals surface area contributed by atoms with Gasteiger partial charge in [-0.25, -0.2) is 0 Å². The first kappa shape index (κ1) is 15.0. The zero-order chi connectivity index (χ0) is 16.4. The Hall–Kier alpha value is -2.54. The van der Waals surface area contributed by atoms with Gasteiger partial charge in [0, 0.05) is 12.2 Å². The van der Waals surface area contributed by atoms with Crippen LogP contribution in [0.25, 0.3) is 0 Å². The van der Waals surface area contributed by atoms with Crippen molar-refractivity contribution < 1.29 is 9.21 Å². The Morgan fingerprint density at radius 1 is 1.21 bits per heavy atom. The van der Waals surface area contributed by atoms with Gasteiger partial charge in [0.25, 0.3) is 0 Å². The largest absolute Gasteiger partial charge is 0.467 e. The van der Waals surface area contributed by atoms with Crippen LogP contribution in [-0.2, 0) is 11.3 Å². The fraction of sp³-hybridized carbons (Fsp3) is 0.235. The zero-order valence-electron chi connectivity index (χ0n) is 12.9. The Morgan fingerprint density at radius 3 is 2.88 bits per heavy atom. The number of rotatable bonds is 5. The molecule has 1 aliphatic heterocycles. The fourth-order valence-electron chi connectivity index (χ4n) is 2.77. The molecule has 7 heteroatoms. The summed E-state index contributed by atoms with van der Waals surface area (Å²) in [5, 5.41) is 8.73. The van der Waals surface area contributed by atoms with Gasteiger partial charge in [-0.2, -0.15) is 0 Å². The Balaban J connectivity index is 1.47. The van der Waals surface area contributed by atoms with Crippen LogP contribution in [0.2, 0.25) is 0 Å². The molecule has 0 unspecified atom stereocenters. The highest BCUT2D eigenvalue weighted by Crippen LogP contribution is 2.32. The third-order valence-corrected chi connectivity index (χ3v) is 5.21. The van der Waals surface area contributed by atoms with Crippen LogP contribution in [0.4, 0.5) is 5.69 Å². The molecule has 24 heavy (non-hydrogen) atoms. The highest BCUT2D eigenvalue weighted by molar-refractivity contribution is 8.00. The zero-order valence-corrected chi connectivity index (χ0v) is 13.7. The van der Waals surface area contributed by atoms with Crippen LogP contribution in [0.5, 0.6) is 0 Å². The molecule has 0 N–H and O–H groups in total. The third kappa shape index (κ3) is 2.94. The number of carbonyl (C=O) groups is 1. The number of nitrogens with zero attached hydrogens (tertiary/aromatic N) is 4. The predicted molar refractivity (Wildman–Crippen MR) is 90.9 cm³/mol. The number of furan rings is 1. The average Bonchev–Trinajstić information content (AvgIpc) is 3.34. The summed E-state index contributed by atoms with van der Waals surface area (Å²) in [6.07, 6.45) is 4.11. The number of aromatic nitrogens is 3. The summed E-state index contributed by atoms with van der Waals surface area (Å²) in [4.78, 5) is 14.5. The second kappa shape index (κ2) is 6.52. The van der Waals surface area contributed by atoms with Gasteiger partial charge in [0.05, 0.1) is 18.1 Å². The molecular formula is C17H16N4O2S. The number of anilines is 1. The maximum atomic E-state index is 12.7. The summed E-state index contributed by atoms with van der Waals surface area (Å²) in [6.45, 7) is 1.29. The SMILES string of the molecule is O=C1[C@H](Sc2nncn2Cc2ccco2)CCN1c1ccccc1. The van der Waals surface area contributed by atoms with E-state index in [4.69, 9.17) is 4.42 Å². The van der Waals surface area contributed by atoms with E-state index in [1.165, 1.54) is 11.8 Å². The molecule has 0 radical (unpaired) electrons. The van der Waals surface area contributed by atoms with Crippen LogP contribution < -0.4 is 4.90 Å². The van der Waals surface area contributed by atoms with Crippen molar-refractivity contribution in [1.29, 1.82) is 0 Å². The smallest absolute Gasteiger partial charge is 0.240 e. The van der Waals surface area contributed by atoms with Crippen LogP contribution in [0, 0.1) is 0 Å². The predicted octanol–water partition coefficient (Wildman–Crippen LogP) is 2.82. The third-order valence-electron chi connectivity index (χ3n) is 3.96. The normalized spacial score (nSPS) is 17.6. The van der Waals surface area contributed by atoms with E-state index in [1.807, 2.05) is 51.9 Å². The Labute approximate surface area is 143 Å². The van der Waals surface area contributed by atoms with Gasteiger partial charge in [0.15, 0.2) is 5.16 Å². The maximum Gasteiger partial charge on any atom is 0.240 e. The van der Waals surface area contributed by atoms with Crippen molar-refractivity contribution >= 4 is 23.4 Å². The van der Waals surface area contributed by atoms with Gasteiger partial charge in [-0.3, -0.25) is 4.79 Å². The van der Waals surface area contributed by atoms with Gasteiger partial charge in [-0.05, 0) is 30.7 Å². The van der Waals surface area contributed by atoms with Crippen molar-refractivity contribution in [2.45, 2.75) is 23.4 Å². The lowest BCUT2D eigenvalue weighted by Crippen LogP contribution is -2.28. The quantitative estimate of drug-likeness (QED) is 0.715. The molecule has 3 aromatic rings. The number of benzene rings is 1. The summed E-state index contributed by atoms with van der Waals surface area (Å²) in [6, 6.07) is 13.5. The first-order valence-corrected chi connectivity index (χ1v) is 8.62. The molecule has 0 saturated carbocycles. The molecule has 1 fully saturated rings. The van der Waals surface area contributed by atoms with E-state index in [1.54, 1.807) is 12.6 Å². The minimum atomic E-state index is -0.134. The Bertz CT molecular complexity index is 816. The van der Waals surface area contributed by atoms with E-state index in [0.717, 1.165) is 29.6 Å². The number of hydrogen-bond donors (Lipinski definition) is 0. The standard InChI is InChI=1S/C17H16N4O2S/c22-16-15(8-9-21(16)13-5-2-1-3-6-13)24-17-19-18-12-20(17)11-14-7-4-10-23-14/h1-7,10,12,15H,8-9,11H2/t15-/m1/s1. The van der Waals surface area contributed by atoms with Crippen molar-refractivity contribution in [2.24, 2.45) is 0 Å². The fourth-order valence-corrected chi connectivity index (χ4v) is 3.82. The molecular weight excluding hydrogens is 324 g/mol. The number of hydrogen-bond acceptors (Lipinski definition) is 5. The number of thioether (sulfide) groups is 1. The molecule has 0 bridgehead atoms. The van der Waals surface area contributed by atoms with Gasteiger partial charge < -0.3 is 13.9 Å². The highest BCUT2D eigenvalue weighted by Gasteiger charge is 2.34. The summed E-state index contributed by atoms with van der Waals surface area (Å²) in [5.74, 6) is 0.957. The van der Waals surface area contributed by atoms with E-state index in [0.29, 0.717) is 6.54 Å². The lowest BCUT2D eigenvalue weighted by Gasteiger charge is -2.16. The van der Waals surface area contributed by atoms with Crippen LogP contribution in [-0.4, -0.2) is 32.5 Å². The second-order valence-corrected chi connectivity index (χ2v) is 6.71. The molecule has 3 heterocycles. The van der Waals surface area contributed by atoms with E-state index in [9.17, 15) is 4.79 Å². The minimum absolute atomic E-state index is 0.124. The van der Waals surface area contributed by atoms with Crippen LogP contribution in [0.15, 0.2) is 64.6 Å². The summed E-state index contributed by atoms with van der Waals surface area (Å²) >= 11 is 1.47. The molecule has 1 aliphatic rings. The van der Waals surface area contributed by atoms with Gasteiger partial charge in [0.1, 0.15) is 12.1 Å². The van der Waals surface area contributed by atoms with E-state index < -0.39 is 0 Å². The monoisotopic (exact) mass is 340 g/mol. The number of amides is 1. The van der Waals surface area contributed by atoms with Crippen molar-refractivity contribution in [3.05, 3.63) is 60.8 Å². The summed E-state index contributed by atoms with van der Waals surface area (Å²) < 4.78 is 7.27. The highest BCUT2D eigenvalue weighted by atomic mass is 32.2. The van der Waals surface area contributed by atoms with Crippen molar-refractivity contribution in [3.63, 3.8) is 0 Å². The summed E-state index contributed by atoms with van der Waals surface area (Å²) in [5.41, 5.74) is 0.947. The topological polar surface area (TPSA) is 64.2 Å². The Kier molecular flexibility index (Phi) is 4.08. The average molecular weight is 340 g/mol. The second-order valence-electron chi connectivity index (χ2n) is 5.54. The lowest BCUT2D eigenvalue weighted by atomic mass is 10.3.